The normalized spacial score (nSPS) is 13.0. The van der Waals surface area contributed by atoms with Crippen LogP contribution in [0, 0.1) is 6.92 Å². The van der Waals surface area contributed by atoms with Gasteiger partial charge in [-0.15, -0.1) is 11.3 Å². The molecule has 28 heavy (non-hydrogen) atoms. The van der Waals surface area contributed by atoms with E-state index in [0.29, 0.717) is 14.4 Å². The molecule has 0 aliphatic rings. The Morgan fingerprint density at radius 3 is 2.36 bits per heavy atom. The molecule has 4 aromatic rings. The molecule has 0 saturated carbocycles. The maximum Gasteiger partial charge on any atom is 0.433 e. The number of hydrogen-bond acceptors (Lipinski definition) is 3. The van der Waals surface area contributed by atoms with E-state index in [2.05, 4.69) is 10.1 Å². The molecule has 0 radical (unpaired) electrons. The van der Waals surface area contributed by atoms with Crippen molar-refractivity contribution in [2.24, 2.45) is 0 Å². The van der Waals surface area contributed by atoms with Crippen molar-refractivity contribution in [2.75, 3.05) is 0 Å². The number of halogens is 7. The van der Waals surface area contributed by atoms with Crippen LogP contribution >= 0.6 is 22.9 Å². The van der Waals surface area contributed by atoms with E-state index in [4.69, 9.17) is 11.6 Å². The number of aromatic nitrogens is 3. The molecule has 146 valence electrons. The molecule has 1 aromatic carbocycles. The predicted molar refractivity (Wildman–Crippen MR) is 93.6 cm³/mol. The Morgan fingerprint density at radius 2 is 1.71 bits per heavy atom. The summed E-state index contributed by atoms with van der Waals surface area (Å²) >= 11 is 7.24. The number of benzene rings is 1. The summed E-state index contributed by atoms with van der Waals surface area (Å²) in [5.41, 5.74) is -2.88. The van der Waals surface area contributed by atoms with Crippen LogP contribution in [0.3, 0.4) is 0 Å². The fourth-order valence-corrected chi connectivity index (χ4v) is 4.19. The summed E-state index contributed by atoms with van der Waals surface area (Å²) in [6.45, 7) is 1.74. The van der Waals surface area contributed by atoms with Gasteiger partial charge >= 0.3 is 12.4 Å². The van der Waals surface area contributed by atoms with Crippen molar-refractivity contribution < 1.29 is 26.3 Å². The highest BCUT2D eigenvalue weighted by atomic mass is 35.5. The maximum absolute atomic E-state index is 13.3. The molecule has 4 rings (SSSR count). The summed E-state index contributed by atoms with van der Waals surface area (Å²) in [7, 11) is 0. The molecule has 0 aliphatic heterocycles. The minimum Gasteiger partial charge on any atom is -0.224 e. The third-order valence-corrected chi connectivity index (χ3v) is 5.67. The van der Waals surface area contributed by atoms with E-state index < -0.39 is 29.4 Å². The van der Waals surface area contributed by atoms with Crippen LogP contribution in [0.1, 0.15) is 17.0 Å². The fourth-order valence-electron chi connectivity index (χ4n) is 2.87. The number of nitrogens with zero attached hydrogens (tertiary/aromatic N) is 3. The molecule has 0 fully saturated rings. The highest BCUT2D eigenvalue weighted by Gasteiger charge is 2.40. The third-order valence-electron chi connectivity index (χ3n) is 4.14. The molecule has 3 heterocycles. The molecule has 0 N–H and O–H groups in total. The van der Waals surface area contributed by atoms with Gasteiger partial charge < -0.3 is 0 Å². The molecule has 0 atom stereocenters. The minimum atomic E-state index is -5.03. The van der Waals surface area contributed by atoms with E-state index in [1.54, 1.807) is 25.1 Å². The molecule has 11 heteroatoms. The second-order valence-corrected chi connectivity index (χ2v) is 7.51. The van der Waals surface area contributed by atoms with Gasteiger partial charge in [0, 0.05) is 15.8 Å². The summed E-state index contributed by atoms with van der Waals surface area (Å²) in [6.07, 6.45) is -10.1. The monoisotopic (exact) mass is 435 g/mol. The summed E-state index contributed by atoms with van der Waals surface area (Å²) in [5.74, 6) is 0. The van der Waals surface area contributed by atoms with Crippen molar-refractivity contribution in [3.8, 4) is 10.6 Å². The first-order valence-corrected chi connectivity index (χ1v) is 8.89. The van der Waals surface area contributed by atoms with Crippen molar-refractivity contribution in [1.29, 1.82) is 0 Å². The highest BCUT2D eigenvalue weighted by molar-refractivity contribution is 7.22. The van der Waals surface area contributed by atoms with Crippen LogP contribution in [-0.2, 0) is 12.4 Å². The molecular formula is C17H8ClF6N3S. The van der Waals surface area contributed by atoms with Gasteiger partial charge in [0.1, 0.15) is 11.4 Å². The molecule has 0 aliphatic carbocycles. The molecule has 0 amide bonds. The van der Waals surface area contributed by atoms with Crippen molar-refractivity contribution in [1.82, 2.24) is 14.6 Å². The summed E-state index contributed by atoms with van der Waals surface area (Å²) in [6, 6.07) is 6.22. The van der Waals surface area contributed by atoms with Gasteiger partial charge in [0.2, 0.25) is 0 Å². The van der Waals surface area contributed by atoms with Crippen molar-refractivity contribution in [3.05, 3.63) is 52.3 Å². The Balaban J connectivity index is 1.99. The van der Waals surface area contributed by atoms with Gasteiger partial charge in [0.05, 0.1) is 4.88 Å². The van der Waals surface area contributed by atoms with Gasteiger partial charge in [-0.25, -0.2) is 9.50 Å². The van der Waals surface area contributed by atoms with Crippen molar-refractivity contribution >= 4 is 38.7 Å². The largest absolute Gasteiger partial charge is 0.433 e. The molecule has 0 unspecified atom stereocenters. The van der Waals surface area contributed by atoms with Crippen molar-refractivity contribution in [3.63, 3.8) is 0 Å². The van der Waals surface area contributed by atoms with E-state index in [1.807, 2.05) is 0 Å². The third kappa shape index (κ3) is 3.10. The van der Waals surface area contributed by atoms with Crippen molar-refractivity contribution in [2.45, 2.75) is 19.3 Å². The van der Waals surface area contributed by atoms with E-state index in [-0.39, 0.29) is 11.8 Å². The number of alkyl halides is 6. The Hall–Kier alpha value is -2.33. The number of rotatable bonds is 1. The second-order valence-electron chi connectivity index (χ2n) is 6.02. The zero-order valence-electron chi connectivity index (χ0n) is 13.8. The molecule has 0 spiro atoms. The standard InChI is InChI=1S/C17H8ClF6N3S/c1-7-9-4-8(18)2-3-11(9)28-15(7)10-5-14-25-12(16(19,20)21)6-13(17(22,23)24)27(14)26-10/h2-6H,1H3. The molecule has 3 aromatic heterocycles. The summed E-state index contributed by atoms with van der Waals surface area (Å²) in [5, 5.41) is 5.18. The molecule has 3 nitrogen and oxygen atoms in total. The van der Waals surface area contributed by atoms with Gasteiger partial charge in [0.15, 0.2) is 11.3 Å². The van der Waals surface area contributed by atoms with Crippen LogP contribution in [0.4, 0.5) is 26.3 Å². The van der Waals surface area contributed by atoms with Crippen LogP contribution in [0.2, 0.25) is 5.02 Å². The number of thiophene rings is 1. The van der Waals surface area contributed by atoms with Gasteiger partial charge in [0.25, 0.3) is 0 Å². The van der Waals surface area contributed by atoms with E-state index in [1.165, 1.54) is 11.3 Å². The number of aryl methyl sites for hydroxylation is 1. The molecular weight excluding hydrogens is 428 g/mol. The minimum absolute atomic E-state index is 0.0403. The van der Waals surface area contributed by atoms with Gasteiger partial charge in [-0.1, -0.05) is 11.6 Å². The SMILES string of the molecule is Cc1c(-c2cc3nc(C(F)(F)F)cc(C(F)(F)F)n3n2)sc2ccc(Cl)cc12. The number of hydrogen-bond donors (Lipinski definition) is 0. The summed E-state index contributed by atoms with van der Waals surface area (Å²) < 4.78 is 80.1. The molecule has 0 bridgehead atoms. The van der Waals surface area contributed by atoms with Crippen LogP contribution in [0.5, 0.6) is 0 Å². The average Bonchev–Trinajstić information content (AvgIpc) is 3.13. The van der Waals surface area contributed by atoms with Gasteiger partial charge in [-0.2, -0.15) is 31.4 Å². The average molecular weight is 436 g/mol. The topological polar surface area (TPSA) is 30.2 Å². The van der Waals surface area contributed by atoms with Crippen LogP contribution < -0.4 is 0 Å². The Labute approximate surface area is 162 Å². The zero-order chi connectivity index (χ0) is 20.4. The van der Waals surface area contributed by atoms with E-state index in [0.717, 1.165) is 21.7 Å². The van der Waals surface area contributed by atoms with Crippen LogP contribution in [0.25, 0.3) is 26.3 Å². The highest BCUT2D eigenvalue weighted by Crippen LogP contribution is 2.40. The van der Waals surface area contributed by atoms with Gasteiger partial charge in [-0.05, 0) is 42.1 Å². The second kappa shape index (κ2) is 6.08. The van der Waals surface area contributed by atoms with Gasteiger partial charge in [-0.3, -0.25) is 0 Å². The quantitative estimate of drug-likeness (QED) is 0.315. The zero-order valence-corrected chi connectivity index (χ0v) is 15.4. The first-order valence-electron chi connectivity index (χ1n) is 7.69. The Bertz CT molecular complexity index is 1220. The Morgan fingerprint density at radius 1 is 1.00 bits per heavy atom. The van der Waals surface area contributed by atoms with E-state index in [9.17, 15) is 26.3 Å². The lowest BCUT2D eigenvalue weighted by molar-refractivity contribution is -0.148. The van der Waals surface area contributed by atoms with E-state index >= 15 is 0 Å². The lowest BCUT2D eigenvalue weighted by atomic mass is 10.1. The number of fused-ring (bicyclic) bond motifs is 2. The van der Waals surface area contributed by atoms with Crippen LogP contribution in [0.15, 0.2) is 30.3 Å². The Kier molecular flexibility index (Phi) is 4.13. The lowest BCUT2D eigenvalue weighted by Crippen LogP contribution is -2.17. The first kappa shape index (κ1) is 19.0. The van der Waals surface area contributed by atoms with Crippen LogP contribution in [-0.4, -0.2) is 14.6 Å². The summed E-state index contributed by atoms with van der Waals surface area (Å²) in [4.78, 5) is 3.86. The smallest absolute Gasteiger partial charge is 0.224 e. The first-order chi connectivity index (χ1) is 12.9. The predicted octanol–water partition coefficient (Wildman–Crippen LogP) is 6.61. The maximum atomic E-state index is 13.3. The molecule has 0 saturated heterocycles. The lowest BCUT2D eigenvalue weighted by Gasteiger charge is -2.12. The fraction of sp³-hybridized carbons (Fsp3) is 0.176.